The summed E-state index contributed by atoms with van der Waals surface area (Å²) in [6.45, 7) is 0. The SMILES string of the molecule is O=S(=O)(C=Cc1ccc(F)cc1)Cc1ccc(F)cc1C(F)(F)F. The molecule has 24 heavy (non-hydrogen) atoms. The smallest absolute Gasteiger partial charge is 0.224 e. The zero-order chi connectivity index (χ0) is 18.0. The first-order valence-corrected chi connectivity index (χ1v) is 8.30. The molecule has 0 spiro atoms. The van der Waals surface area contributed by atoms with Crippen molar-refractivity contribution in [2.24, 2.45) is 0 Å². The normalized spacial score (nSPS) is 12.7. The van der Waals surface area contributed by atoms with Gasteiger partial charge in [-0.2, -0.15) is 13.2 Å². The monoisotopic (exact) mass is 362 g/mol. The molecule has 0 fully saturated rings. The first-order chi connectivity index (χ1) is 11.1. The molecule has 0 heterocycles. The Morgan fingerprint density at radius 2 is 1.50 bits per heavy atom. The van der Waals surface area contributed by atoms with Crippen LogP contribution in [-0.4, -0.2) is 8.42 Å². The molecule has 0 bridgehead atoms. The molecule has 0 radical (unpaired) electrons. The third kappa shape index (κ3) is 4.89. The number of hydrogen-bond donors (Lipinski definition) is 0. The number of hydrogen-bond acceptors (Lipinski definition) is 2. The molecule has 128 valence electrons. The fraction of sp³-hybridized carbons (Fsp3) is 0.125. The summed E-state index contributed by atoms with van der Waals surface area (Å²) in [6.07, 6.45) is -3.72. The van der Waals surface area contributed by atoms with E-state index < -0.39 is 44.5 Å². The van der Waals surface area contributed by atoms with Crippen LogP contribution in [0.15, 0.2) is 47.9 Å². The molecule has 0 unspecified atom stereocenters. The number of alkyl halides is 3. The largest absolute Gasteiger partial charge is 0.416 e. The number of sulfone groups is 1. The van der Waals surface area contributed by atoms with Gasteiger partial charge in [0.05, 0.1) is 11.3 Å². The van der Waals surface area contributed by atoms with Crippen molar-refractivity contribution < 1.29 is 30.4 Å². The van der Waals surface area contributed by atoms with E-state index in [9.17, 15) is 30.4 Å². The van der Waals surface area contributed by atoms with Gasteiger partial charge in [0.15, 0.2) is 9.84 Å². The molecule has 0 atom stereocenters. The highest BCUT2D eigenvalue weighted by Crippen LogP contribution is 2.33. The molecule has 8 heteroatoms. The molecule has 0 aromatic heterocycles. The van der Waals surface area contributed by atoms with Crippen LogP contribution in [0.5, 0.6) is 0 Å². The lowest BCUT2D eigenvalue weighted by atomic mass is 10.1. The van der Waals surface area contributed by atoms with Crippen LogP contribution in [0.1, 0.15) is 16.7 Å². The lowest BCUT2D eigenvalue weighted by Crippen LogP contribution is -2.12. The summed E-state index contributed by atoms with van der Waals surface area (Å²) in [5.41, 5.74) is -1.51. The quantitative estimate of drug-likeness (QED) is 0.747. The highest BCUT2D eigenvalue weighted by atomic mass is 32.2. The maximum atomic E-state index is 13.0. The minimum atomic E-state index is -4.87. The summed E-state index contributed by atoms with van der Waals surface area (Å²) >= 11 is 0. The minimum absolute atomic E-state index is 0.258. The zero-order valence-electron chi connectivity index (χ0n) is 12.0. The Labute approximate surface area is 135 Å². The van der Waals surface area contributed by atoms with Crippen molar-refractivity contribution in [3.63, 3.8) is 0 Å². The van der Waals surface area contributed by atoms with Crippen LogP contribution in [0.4, 0.5) is 22.0 Å². The predicted octanol–water partition coefficient (Wildman–Crippen LogP) is 4.57. The van der Waals surface area contributed by atoms with Gasteiger partial charge in [0.25, 0.3) is 0 Å². The molecule has 2 rings (SSSR count). The summed E-state index contributed by atoms with van der Waals surface area (Å²) in [5, 5.41) is 0.740. The van der Waals surface area contributed by atoms with Gasteiger partial charge >= 0.3 is 6.18 Å². The van der Waals surface area contributed by atoms with E-state index in [-0.39, 0.29) is 6.07 Å². The summed E-state index contributed by atoms with van der Waals surface area (Å²) in [7, 11) is -4.04. The Balaban J connectivity index is 2.28. The third-order valence-corrected chi connectivity index (χ3v) is 4.34. The summed E-state index contributed by atoms with van der Waals surface area (Å²) < 4.78 is 88.4. The number of rotatable bonds is 4. The van der Waals surface area contributed by atoms with Crippen molar-refractivity contribution in [1.29, 1.82) is 0 Å². The molecule has 0 aliphatic carbocycles. The Morgan fingerprint density at radius 3 is 2.08 bits per heavy atom. The first-order valence-electron chi connectivity index (χ1n) is 6.59. The van der Waals surface area contributed by atoms with E-state index in [2.05, 4.69) is 0 Å². The third-order valence-electron chi connectivity index (χ3n) is 3.07. The topological polar surface area (TPSA) is 34.1 Å². The van der Waals surface area contributed by atoms with Crippen LogP contribution < -0.4 is 0 Å². The molecule has 2 aromatic rings. The molecule has 2 nitrogen and oxygen atoms in total. The van der Waals surface area contributed by atoms with Gasteiger partial charge < -0.3 is 0 Å². The van der Waals surface area contributed by atoms with Crippen molar-refractivity contribution in [3.8, 4) is 0 Å². The van der Waals surface area contributed by atoms with Gasteiger partial charge in [-0.15, -0.1) is 0 Å². The molecule has 0 aliphatic rings. The standard InChI is InChI=1S/C16H11F5O2S/c17-13-4-1-11(2-5-13)7-8-24(22,23)10-12-3-6-14(18)9-15(12)16(19,20)21/h1-9H,10H2. The van der Waals surface area contributed by atoms with Crippen LogP contribution in [0.2, 0.25) is 0 Å². The van der Waals surface area contributed by atoms with Crippen LogP contribution >= 0.6 is 0 Å². The van der Waals surface area contributed by atoms with E-state index in [0.29, 0.717) is 5.56 Å². The number of benzene rings is 2. The highest BCUT2D eigenvalue weighted by molar-refractivity contribution is 7.93. The van der Waals surface area contributed by atoms with Gasteiger partial charge in [0, 0.05) is 5.41 Å². The van der Waals surface area contributed by atoms with Crippen molar-refractivity contribution in [2.45, 2.75) is 11.9 Å². The Bertz CT molecular complexity index is 853. The average Bonchev–Trinajstić information content (AvgIpc) is 2.47. The van der Waals surface area contributed by atoms with Gasteiger partial charge in [0.2, 0.25) is 0 Å². The Kier molecular flexibility index (Phi) is 5.08. The van der Waals surface area contributed by atoms with Crippen molar-refractivity contribution in [1.82, 2.24) is 0 Å². The lowest BCUT2D eigenvalue weighted by Gasteiger charge is -2.12. The average molecular weight is 362 g/mol. The second-order valence-corrected chi connectivity index (χ2v) is 6.85. The highest BCUT2D eigenvalue weighted by Gasteiger charge is 2.34. The van der Waals surface area contributed by atoms with E-state index in [1.165, 1.54) is 12.1 Å². The molecule has 0 amide bonds. The molecule has 0 aliphatic heterocycles. The van der Waals surface area contributed by atoms with Gasteiger partial charge in [-0.3, -0.25) is 0 Å². The first kappa shape index (κ1) is 18.1. The molecule has 0 N–H and O–H groups in total. The molecule has 0 saturated carbocycles. The van der Waals surface area contributed by atoms with E-state index in [1.54, 1.807) is 0 Å². The van der Waals surface area contributed by atoms with Gasteiger partial charge in [-0.25, -0.2) is 17.2 Å². The summed E-state index contributed by atoms with van der Waals surface area (Å²) in [6, 6.07) is 6.70. The minimum Gasteiger partial charge on any atom is -0.224 e. The van der Waals surface area contributed by atoms with Gasteiger partial charge in [0.1, 0.15) is 11.6 Å². The number of halogens is 5. The lowest BCUT2D eigenvalue weighted by molar-refractivity contribution is -0.138. The Hall–Kier alpha value is -2.22. The fourth-order valence-electron chi connectivity index (χ4n) is 1.96. The van der Waals surface area contributed by atoms with Gasteiger partial charge in [-0.1, -0.05) is 18.2 Å². The molecule has 2 aromatic carbocycles. The second-order valence-electron chi connectivity index (χ2n) is 4.96. The molecular formula is C16H11F5O2S. The van der Waals surface area contributed by atoms with E-state index in [0.717, 1.165) is 35.7 Å². The second kappa shape index (κ2) is 6.72. The van der Waals surface area contributed by atoms with E-state index in [4.69, 9.17) is 0 Å². The summed E-state index contributed by atoms with van der Waals surface area (Å²) in [4.78, 5) is 0. The van der Waals surface area contributed by atoms with E-state index in [1.807, 2.05) is 0 Å². The fourth-order valence-corrected chi connectivity index (χ4v) is 3.11. The predicted molar refractivity (Wildman–Crippen MR) is 79.5 cm³/mol. The zero-order valence-corrected chi connectivity index (χ0v) is 12.8. The van der Waals surface area contributed by atoms with Crippen molar-refractivity contribution in [3.05, 3.63) is 76.2 Å². The van der Waals surface area contributed by atoms with E-state index >= 15 is 0 Å². The van der Waals surface area contributed by atoms with Crippen LogP contribution in [0.3, 0.4) is 0 Å². The van der Waals surface area contributed by atoms with Crippen LogP contribution in [0, 0.1) is 11.6 Å². The van der Waals surface area contributed by atoms with Gasteiger partial charge in [-0.05, 0) is 41.5 Å². The summed E-state index contributed by atoms with van der Waals surface area (Å²) in [5.74, 6) is -2.54. The Morgan fingerprint density at radius 1 is 0.917 bits per heavy atom. The maximum absolute atomic E-state index is 13.0. The van der Waals surface area contributed by atoms with Crippen LogP contribution in [-0.2, 0) is 21.8 Å². The van der Waals surface area contributed by atoms with Crippen molar-refractivity contribution in [2.75, 3.05) is 0 Å². The molecule has 0 saturated heterocycles. The van der Waals surface area contributed by atoms with Crippen LogP contribution in [0.25, 0.3) is 6.08 Å². The maximum Gasteiger partial charge on any atom is 0.416 e. The van der Waals surface area contributed by atoms with Crippen molar-refractivity contribution >= 4 is 15.9 Å². The molecular weight excluding hydrogens is 351 g/mol.